The summed E-state index contributed by atoms with van der Waals surface area (Å²) < 4.78 is 4.83. The highest BCUT2D eigenvalue weighted by atomic mass is 16.5. The minimum atomic E-state index is -0.190. The topological polar surface area (TPSA) is 67.4 Å². The van der Waals surface area contributed by atoms with Crippen LogP contribution in [0.25, 0.3) is 0 Å². The molecular weight excluding hydrogens is 244 g/mol. The molecule has 0 bridgehead atoms. The van der Waals surface area contributed by atoms with E-state index < -0.39 is 0 Å². The number of ether oxygens (including phenoxy) is 1. The number of rotatable bonds is 7. The van der Waals surface area contributed by atoms with Gasteiger partial charge in [0.05, 0.1) is 13.0 Å². The van der Waals surface area contributed by atoms with Gasteiger partial charge in [0, 0.05) is 25.7 Å². The first kappa shape index (κ1) is 15.2. The van der Waals surface area contributed by atoms with Gasteiger partial charge in [0.15, 0.2) is 0 Å². The molecule has 0 saturated heterocycles. The fourth-order valence-corrected chi connectivity index (χ4v) is 1.57. The summed E-state index contributed by atoms with van der Waals surface area (Å²) in [6.45, 7) is 3.45. The van der Waals surface area contributed by atoms with Crippen molar-refractivity contribution in [2.75, 3.05) is 20.2 Å². The van der Waals surface area contributed by atoms with Crippen molar-refractivity contribution in [1.29, 1.82) is 0 Å². The van der Waals surface area contributed by atoms with Gasteiger partial charge in [-0.25, -0.2) is 0 Å². The van der Waals surface area contributed by atoms with Crippen LogP contribution in [-0.4, -0.2) is 32.1 Å². The van der Waals surface area contributed by atoms with Crippen molar-refractivity contribution in [2.24, 2.45) is 0 Å². The highest BCUT2D eigenvalue weighted by molar-refractivity contribution is 5.93. The molecule has 0 atom stereocenters. The van der Waals surface area contributed by atoms with Crippen LogP contribution >= 0.6 is 0 Å². The van der Waals surface area contributed by atoms with Crippen LogP contribution in [0.5, 0.6) is 0 Å². The molecule has 2 N–H and O–H groups in total. The summed E-state index contributed by atoms with van der Waals surface area (Å²) in [5.41, 5.74) is 1.70. The highest BCUT2D eigenvalue weighted by Crippen LogP contribution is 2.04. The molecule has 0 radical (unpaired) electrons. The summed E-state index contributed by atoms with van der Waals surface area (Å²) in [6.07, 6.45) is 0.365. The molecule has 1 aromatic rings. The molecule has 0 aliphatic rings. The van der Waals surface area contributed by atoms with Gasteiger partial charge in [0.1, 0.15) is 0 Å². The Hall–Kier alpha value is -1.88. The van der Waals surface area contributed by atoms with E-state index in [1.807, 2.05) is 12.1 Å². The van der Waals surface area contributed by atoms with Crippen molar-refractivity contribution in [3.8, 4) is 0 Å². The molecule has 0 aromatic heterocycles. The van der Waals surface area contributed by atoms with Crippen LogP contribution in [0.3, 0.4) is 0 Å². The molecule has 19 heavy (non-hydrogen) atoms. The monoisotopic (exact) mass is 264 g/mol. The lowest BCUT2D eigenvalue weighted by Crippen LogP contribution is -2.19. The normalized spacial score (nSPS) is 10.0. The molecule has 1 amide bonds. The van der Waals surface area contributed by atoms with Crippen LogP contribution in [0, 0.1) is 0 Å². The number of nitrogens with one attached hydrogen (secondary N) is 2. The third-order valence-electron chi connectivity index (χ3n) is 2.58. The van der Waals surface area contributed by atoms with Gasteiger partial charge in [-0.3, -0.25) is 9.59 Å². The maximum atomic E-state index is 11.3. The quantitative estimate of drug-likeness (QED) is 0.571. The van der Waals surface area contributed by atoms with Crippen molar-refractivity contribution >= 4 is 11.9 Å². The van der Waals surface area contributed by atoms with E-state index in [1.165, 1.54) is 0 Å². The Bertz CT molecular complexity index is 415. The predicted octanol–water partition coefficient (Wildman–Crippen LogP) is 1.09. The number of esters is 1. The summed E-state index contributed by atoms with van der Waals surface area (Å²) in [5, 5.41) is 5.72. The first-order valence-corrected chi connectivity index (χ1v) is 6.34. The number of amides is 1. The predicted molar refractivity (Wildman–Crippen MR) is 72.8 cm³/mol. The van der Waals surface area contributed by atoms with Crippen LogP contribution in [-0.2, 0) is 16.1 Å². The van der Waals surface area contributed by atoms with Gasteiger partial charge in [-0.1, -0.05) is 12.1 Å². The van der Waals surface area contributed by atoms with Crippen LogP contribution in [0.4, 0.5) is 0 Å². The van der Waals surface area contributed by atoms with E-state index in [4.69, 9.17) is 4.74 Å². The number of hydrogen-bond donors (Lipinski definition) is 2. The number of benzene rings is 1. The van der Waals surface area contributed by atoms with Crippen LogP contribution in [0.15, 0.2) is 24.3 Å². The zero-order valence-corrected chi connectivity index (χ0v) is 11.4. The Labute approximate surface area is 113 Å². The average molecular weight is 264 g/mol. The second-order valence-corrected chi connectivity index (χ2v) is 4.01. The van der Waals surface area contributed by atoms with Gasteiger partial charge in [0.25, 0.3) is 5.91 Å². The first-order valence-electron chi connectivity index (χ1n) is 6.34. The Balaban J connectivity index is 2.30. The van der Waals surface area contributed by atoms with Gasteiger partial charge in [-0.05, 0) is 24.6 Å². The Morgan fingerprint density at radius 1 is 1.21 bits per heavy atom. The smallest absolute Gasteiger partial charge is 0.307 e. The zero-order valence-electron chi connectivity index (χ0n) is 11.4. The molecule has 0 saturated carbocycles. The summed E-state index contributed by atoms with van der Waals surface area (Å²) in [7, 11) is 1.60. The molecule has 1 aromatic carbocycles. The van der Waals surface area contributed by atoms with E-state index in [0.29, 0.717) is 31.7 Å². The molecule has 0 heterocycles. The summed E-state index contributed by atoms with van der Waals surface area (Å²) >= 11 is 0. The van der Waals surface area contributed by atoms with Crippen LogP contribution < -0.4 is 10.6 Å². The molecule has 0 spiro atoms. The van der Waals surface area contributed by atoms with E-state index >= 15 is 0 Å². The van der Waals surface area contributed by atoms with E-state index in [1.54, 1.807) is 26.1 Å². The molecule has 5 nitrogen and oxygen atoms in total. The molecule has 1 rings (SSSR count). The van der Waals surface area contributed by atoms with Crippen molar-refractivity contribution in [3.05, 3.63) is 35.4 Å². The van der Waals surface area contributed by atoms with Gasteiger partial charge < -0.3 is 15.4 Å². The first-order chi connectivity index (χ1) is 9.17. The average Bonchev–Trinajstić information content (AvgIpc) is 2.44. The molecule has 0 aliphatic carbocycles. The Morgan fingerprint density at radius 3 is 2.47 bits per heavy atom. The largest absolute Gasteiger partial charge is 0.466 e. The number of carbonyl (C=O) groups is 2. The fraction of sp³-hybridized carbons (Fsp3) is 0.429. The van der Waals surface area contributed by atoms with Crippen LogP contribution in [0.1, 0.15) is 29.3 Å². The van der Waals surface area contributed by atoms with Gasteiger partial charge in [0.2, 0.25) is 0 Å². The Kier molecular flexibility index (Phi) is 6.60. The van der Waals surface area contributed by atoms with Crippen molar-refractivity contribution < 1.29 is 14.3 Å². The van der Waals surface area contributed by atoms with Gasteiger partial charge >= 0.3 is 5.97 Å². The lowest BCUT2D eigenvalue weighted by Gasteiger charge is -2.06. The van der Waals surface area contributed by atoms with E-state index in [-0.39, 0.29) is 11.9 Å². The molecule has 0 aliphatic heterocycles. The zero-order chi connectivity index (χ0) is 14.1. The molecule has 0 fully saturated rings. The maximum Gasteiger partial charge on any atom is 0.307 e. The molecular formula is C14H20N2O3. The molecule has 5 heteroatoms. The third-order valence-corrected chi connectivity index (χ3v) is 2.58. The summed E-state index contributed by atoms with van der Waals surface area (Å²) in [5.74, 6) is -0.285. The van der Waals surface area contributed by atoms with E-state index in [9.17, 15) is 9.59 Å². The second kappa shape index (κ2) is 8.26. The van der Waals surface area contributed by atoms with Crippen molar-refractivity contribution in [2.45, 2.75) is 19.9 Å². The van der Waals surface area contributed by atoms with Crippen molar-refractivity contribution in [3.63, 3.8) is 0 Å². The lowest BCUT2D eigenvalue weighted by atomic mass is 10.1. The molecule has 104 valence electrons. The lowest BCUT2D eigenvalue weighted by molar-refractivity contribution is -0.142. The maximum absolute atomic E-state index is 11.3. The van der Waals surface area contributed by atoms with Crippen molar-refractivity contribution in [1.82, 2.24) is 10.6 Å². The summed E-state index contributed by atoms with van der Waals surface area (Å²) in [6, 6.07) is 7.34. The Morgan fingerprint density at radius 2 is 1.89 bits per heavy atom. The van der Waals surface area contributed by atoms with Crippen LogP contribution in [0.2, 0.25) is 0 Å². The van der Waals surface area contributed by atoms with E-state index in [0.717, 1.165) is 5.56 Å². The van der Waals surface area contributed by atoms with Gasteiger partial charge in [-0.2, -0.15) is 0 Å². The number of carbonyl (C=O) groups excluding carboxylic acids is 2. The molecule has 0 unspecified atom stereocenters. The highest BCUT2D eigenvalue weighted by Gasteiger charge is 2.03. The third kappa shape index (κ3) is 5.52. The SMILES string of the molecule is CCOC(=O)CCNCc1ccc(C(=O)NC)cc1. The fourth-order valence-electron chi connectivity index (χ4n) is 1.57. The van der Waals surface area contributed by atoms with Gasteiger partial charge in [-0.15, -0.1) is 0 Å². The van der Waals surface area contributed by atoms with E-state index in [2.05, 4.69) is 10.6 Å². The minimum absolute atomic E-state index is 0.0955. The second-order valence-electron chi connectivity index (χ2n) is 4.01. The standard InChI is InChI=1S/C14H20N2O3/c1-3-19-13(17)8-9-16-10-11-4-6-12(7-5-11)14(18)15-2/h4-7,16H,3,8-10H2,1-2H3,(H,15,18). The summed E-state index contributed by atoms with van der Waals surface area (Å²) in [4.78, 5) is 22.4. The minimum Gasteiger partial charge on any atom is -0.466 e. The number of hydrogen-bond acceptors (Lipinski definition) is 4.